The zero-order valence-corrected chi connectivity index (χ0v) is 12.1. The normalized spacial score (nSPS) is 18.0. The number of non-ortho nitro benzene ring substituents is 1. The maximum absolute atomic E-state index is 11.0. The molecule has 114 valence electrons. The van der Waals surface area contributed by atoms with Crippen LogP contribution in [0.1, 0.15) is 31.2 Å². The van der Waals surface area contributed by atoms with Crippen LogP contribution in [0.25, 0.3) is 0 Å². The van der Waals surface area contributed by atoms with Gasteiger partial charge >= 0.3 is 0 Å². The van der Waals surface area contributed by atoms with Crippen molar-refractivity contribution in [2.24, 2.45) is 17.7 Å². The van der Waals surface area contributed by atoms with Gasteiger partial charge in [0.1, 0.15) is 0 Å². The number of nitro benzene ring substituents is 1. The first-order valence-electron chi connectivity index (χ1n) is 7.62. The molecule has 3 N–H and O–H groups in total. The van der Waals surface area contributed by atoms with E-state index in [1.807, 2.05) is 0 Å². The van der Waals surface area contributed by atoms with E-state index in [1.165, 1.54) is 31.7 Å². The van der Waals surface area contributed by atoms with Gasteiger partial charge in [-0.05, 0) is 49.1 Å². The van der Waals surface area contributed by atoms with E-state index in [4.69, 9.17) is 5.84 Å². The van der Waals surface area contributed by atoms with Crippen molar-refractivity contribution >= 4 is 11.4 Å². The van der Waals surface area contributed by atoms with Crippen molar-refractivity contribution in [3.8, 4) is 0 Å². The molecule has 0 saturated heterocycles. The minimum atomic E-state index is -0.351. The van der Waals surface area contributed by atoms with E-state index >= 15 is 0 Å². The maximum Gasteiger partial charge on any atom is 0.269 e. The SMILES string of the molecule is NNc1ccc([N+](=O)[O-])cc1CN(CC1CC1)CC1CC1. The van der Waals surface area contributed by atoms with Crippen molar-refractivity contribution < 1.29 is 4.92 Å². The number of hydrogen-bond donors (Lipinski definition) is 2. The molecule has 0 heterocycles. The van der Waals surface area contributed by atoms with Gasteiger partial charge in [0.05, 0.1) is 10.6 Å². The highest BCUT2D eigenvalue weighted by Gasteiger charge is 2.29. The van der Waals surface area contributed by atoms with Crippen LogP contribution in [0.5, 0.6) is 0 Å². The summed E-state index contributed by atoms with van der Waals surface area (Å²) < 4.78 is 0. The minimum Gasteiger partial charge on any atom is -0.324 e. The number of hydrogen-bond acceptors (Lipinski definition) is 5. The third-order valence-corrected chi connectivity index (χ3v) is 4.28. The summed E-state index contributed by atoms with van der Waals surface area (Å²) in [4.78, 5) is 13.0. The van der Waals surface area contributed by atoms with E-state index in [9.17, 15) is 10.1 Å². The van der Waals surface area contributed by atoms with E-state index < -0.39 is 0 Å². The molecule has 0 radical (unpaired) electrons. The van der Waals surface area contributed by atoms with Crippen molar-refractivity contribution in [1.82, 2.24) is 4.90 Å². The largest absolute Gasteiger partial charge is 0.324 e. The van der Waals surface area contributed by atoms with E-state index in [2.05, 4.69) is 10.3 Å². The Balaban J connectivity index is 1.75. The number of nitrogens with one attached hydrogen (secondary N) is 1. The van der Waals surface area contributed by atoms with Crippen LogP contribution in [0.3, 0.4) is 0 Å². The van der Waals surface area contributed by atoms with Gasteiger partial charge in [-0.3, -0.25) is 20.9 Å². The van der Waals surface area contributed by atoms with Crippen LogP contribution < -0.4 is 11.3 Å². The van der Waals surface area contributed by atoms with Crippen molar-refractivity contribution in [2.75, 3.05) is 18.5 Å². The Bertz CT molecular complexity index is 512. The average molecular weight is 290 g/mol. The molecule has 3 rings (SSSR count). The molecule has 0 unspecified atom stereocenters. The Morgan fingerprint density at radius 2 is 1.86 bits per heavy atom. The maximum atomic E-state index is 11.0. The molecule has 1 aromatic carbocycles. The van der Waals surface area contributed by atoms with Crippen molar-refractivity contribution in [3.05, 3.63) is 33.9 Å². The molecular formula is C15H22N4O2. The molecule has 1 aromatic rings. The second-order valence-electron chi connectivity index (χ2n) is 6.32. The molecule has 0 atom stereocenters. The average Bonchev–Trinajstić information content (AvgIpc) is 3.35. The lowest BCUT2D eigenvalue weighted by atomic mass is 10.1. The molecule has 2 fully saturated rings. The van der Waals surface area contributed by atoms with Gasteiger partial charge in [-0.15, -0.1) is 0 Å². The summed E-state index contributed by atoms with van der Waals surface area (Å²) in [5, 5.41) is 11.0. The molecule has 6 nitrogen and oxygen atoms in total. The molecule has 21 heavy (non-hydrogen) atoms. The van der Waals surface area contributed by atoms with Gasteiger partial charge < -0.3 is 5.43 Å². The minimum absolute atomic E-state index is 0.127. The van der Waals surface area contributed by atoms with Crippen LogP contribution in [-0.4, -0.2) is 22.9 Å². The van der Waals surface area contributed by atoms with Crippen molar-refractivity contribution in [2.45, 2.75) is 32.2 Å². The number of nitrogen functional groups attached to an aromatic ring is 1. The molecule has 2 aliphatic rings. The smallest absolute Gasteiger partial charge is 0.269 e. The molecule has 0 spiro atoms. The molecule has 0 aromatic heterocycles. The first-order chi connectivity index (χ1) is 10.2. The Morgan fingerprint density at radius 1 is 1.24 bits per heavy atom. The van der Waals surface area contributed by atoms with Gasteiger partial charge in [-0.1, -0.05) is 0 Å². The topological polar surface area (TPSA) is 84.4 Å². The molecule has 6 heteroatoms. The fraction of sp³-hybridized carbons (Fsp3) is 0.600. The standard InChI is InChI=1S/C15H22N4O2/c16-17-15-6-5-14(19(20)21)7-13(15)10-18(8-11-1-2-11)9-12-3-4-12/h5-7,11-12,17H,1-4,8-10,16H2. The summed E-state index contributed by atoms with van der Waals surface area (Å²) in [5.74, 6) is 7.17. The number of rotatable bonds is 8. The predicted octanol–water partition coefficient (Wildman–Crippen LogP) is 2.50. The number of nitro groups is 1. The predicted molar refractivity (Wildman–Crippen MR) is 81.6 cm³/mol. The van der Waals surface area contributed by atoms with E-state index in [0.717, 1.165) is 42.7 Å². The van der Waals surface area contributed by atoms with Crippen LogP contribution >= 0.6 is 0 Å². The quantitative estimate of drug-likeness (QED) is 0.436. The Kier molecular flexibility index (Phi) is 4.07. The first kappa shape index (κ1) is 14.3. The zero-order valence-electron chi connectivity index (χ0n) is 12.1. The van der Waals surface area contributed by atoms with Gasteiger partial charge in [-0.2, -0.15) is 0 Å². The van der Waals surface area contributed by atoms with Crippen molar-refractivity contribution in [1.29, 1.82) is 0 Å². The molecule has 0 bridgehead atoms. The highest BCUT2D eigenvalue weighted by Crippen LogP contribution is 2.35. The van der Waals surface area contributed by atoms with Gasteiger partial charge in [0.25, 0.3) is 5.69 Å². The lowest BCUT2D eigenvalue weighted by Gasteiger charge is -2.23. The highest BCUT2D eigenvalue weighted by molar-refractivity contribution is 5.55. The lowest BCUT2D eigenvalue weighted by molar-refractivity contribution is -0.384. The summed E-state index contributed by atoms with van der Waals surface area (Å²) in [6.45, 7) is 2.93. The van der Waals surface area contributed by atoms with Crippen LogP contribution in [0.2, 0.25) is 0 Å². The van der Waals surface area contributed by atoms with Gasteiger partial charge in [-0.25, -0.2) is 0 Å². The van der Waals surface area contributed by atoms with Crippen LogP contribution in [-0.2, 0) is 6.54 Å². The number of nitrogens with two attached hydrogens (primary N) is 1. The molecule has 2 saturated carbocycles. The van der Waals surface area contributed by atoms with Gasteiger partial charge in [0, 0.05) is 31.8 Å². The van der Waals surface area contributed by atoms with E-state index in [-0.39, 0.29) is 10.6 Å². The summed E-state index contributed by atoms with van der Waals surface area (Å²) in [5.41, 5.74) is 4.47. The third kappa shape index (κ3) is 3.92. The number of anilines is 1. The third-order valence-electron chi connectivity index (χ3n) is 4.28. The summed E-state index contributed by atoms with van der Waals surface area (Å²) in [6, 6.07) is 4.83. The zero-order chi connectivity index (χ0) is 14.8. The fourth-order valence-electron chi connectivity index (χ4n) is 2.74. The number of hydrazine groups is 1. The Labute approximate surface area is 124 Å². The highest BCUT2D eigenvalue weighted by atomic mass is 16.6. The molecule has 0 amide bonds. The summed E-state index contributed by atoms with van der Waals surface area (Å²) in [7, 11) is 0. The van der Waals surface area contributed by atoms with Crippen LogP contribution in [0, 0.1) is 22.0 Å². The molecular weight excluding hydrogens is 268 g/mol. The van der Waals surface area contributed by atoms with Crippen LogP contribution in [0.15, 0.2) is 18.2 Å². The van der Waals surface area contributed by atoms with Gasteiger partial charge in [0.2, 0.25) is 0 Å². The van der Waals surface area contributed by atoms with Gasteiger partial charge in [0.15, 0.2) is 0 Å². The fourth-order valence-corrected chi connectivity index (χ4v) is 2.74. The number of benzene rings is 1. The van der Waals surface area contributed by atoms with Crippen LogP contribution in [0.4, 0.5) is 11.4 Å². The first-order valence-corrected chi connectivity index (χ1v) is 7.62. The number of nitrogens with zero attached hydrogens (tertiary/aromatic N) is 2. The van der Waals surface area contributed by atoms with E-state index in [0.29, 0.717) is 0 Å². The summed E-state index contributed by atoms with van der Waals surface area (Å²) >= 11 is 0. The Hall–Kier alpha value is -1.66. The second kappa shape index (κ2) is 5.99. The molecule has 2 aliphatic carbocycles. The second-order valence-corrected chi connectivity index (χ2v) is 6.32. The molecule has 0 aliphatic heterocycles. The lowest BCUT2D eigenvalue weighted by Crippen LogP contribution is -2.28. The Morgan fingerprint density at radius 3 is 2.33 bits per heavy atom. The summed E-state index contributed by atoms with van der Waals surface area (Å²) in [6.07, 6.45) is 5.27. The van der Waals surface area contributed by atoms with Crippen molar-refractivity contribution in [3.63, 3.8) is 0 Å². The monoisotopic (exact) mass is 290 g/mol. The van der Waals surface area contributed by atoms with E-state index in [1.54, 1.807) is 12.1 Å².